The van der Waals surface area contributed by atoms with Gasteiger partial charge in [0.25, 0.3) is 0 Å². The Bertz CT molecular complexity index is 560. The molecule has 0 aliphatic carbocycles. The second kappa shape index (κ2) is 5.63. The van der Waals surface area contributed by atoms with Crippen LogP contribution < -0.4 is 10.6 Å². The molecule has 2 aromatic rings. The molecule has 0 aliphatic rings. The van der Waals surface area contributed by atoms with Crippen LogP contribution in [0.15, 0.2) is 18.2 Å². The van der Waals surface area contributed by atoms with Crippen LogP contribution >= 0.6 is 23.6 Å². The normalized spacial score (nSPS) is 10.9. The Kier molecular flexibility index (Phi) is 4.14. The van der Waals surface area contributed by atoms with Crippen LogP contribution in [0.25, 0.3) is 10.2 Å². The number of aromatic nitrogens is 1. The first-order valence-corrected chi connectivity index (χ1v) is 7.28. The summed E-state index contributed by atoms with van der Waals surface area (Å²) in [5.74, 6) is 0. The van der Waals surface area contributed by atoms with Crippen molar-refractivity contribution in [1.29, 1.82) is 0 Å². The lowest BCUT2D eigenvalue weighted by Gasteiger charge is -2.12. The van der Waals surface area contributed by atoms with Gasteiger partial charge in [0.1, 0.15) is 0 Å². The molecule has 0 aliphatic heterocycles. The fraction of sp³-hybridized carbons (Fsp3) is 0.385. The zero-order valence-electron chi connectivity index (χ0n) is 10.8. The Labute approximate surface area is 117 Å². The molecule has 0 bridgehead atoms. The van der Waals surface area contributed by atoms with Gasteiger partial charge in [-0.2, -0.15) is 0 Å². The third-order valence-electron chi connectivity index (χ3n) is 2.41. The van der Waals surface area contributed by atoms with Gasteiger partial charge in [0, 0.05) is 11.7 Å². The minimum atomic E-state index is 0.337. The first-order chi connectivity index (χ1) is 8.58. The first-order valence-electron chi connectivity index (χ1n) is 6.05. The second-order valence-corrected chi connectivity index (χ2v) is 5.92. The van der Waals surface area contributed by atoms with Gasteiger partial charge in [-0.05, 0) is 50.7 Å². The van der Waals surface area contributed by atoms with Gasteiger partial charge in [-0.3, -0.25) is 0 Å². The van der Waals surface area contributed by atoms with Crippen molar-refractivity contribution in [3.8, 4) is 0 Å². The van der Waals surface area contributed by atoms with Crippen LogP contribution in [0, 0.1) is 0 Å². The summed E-state index contributed by atoms with van der Waals surface area (Å²) in [7, 11) is 0. The number of hydrogen-bond acceptors (Lipinski definition) is 3. The highest BCUT2D eigenvalue weighted by atomic mass is 32.1. The highest BCUT2D eigenvalue weighted by Crippen LogP contribution is 2.25. The Morgan fingerprint density at radius 1 is 1.44 bits per heavy atom. The lowest BCUT2D eigenvalue weighted by molar-refractivity contribution is 0.739. The molecule has 0 atom stereocenters. The predicted molar refractivity (Wildman–Crippen MR) is 83.5 cm³/mol. The number of benzene rings is 1. The maximum atomic E-state index is 5.23. The van der Waals surface area contributed by atoms with Crippen molar-refractivity contribution >= 4 is 44.6 Å². The van der Waals surface area contributed by atoms with Gasteiger partial charge < -0.3 is 10.6 Å². The van der Waals surface area contributed by atoms with Crippen molar-refractivity contribution in [3.63, 3.8) is 0 Å². The molecule has 18 heavy (non-hydrogen) atoms. The van der Waals surface area contributed by atoms with E-state index in [0.29, 0.717) is 11.2 Å². The zero-order chi connectivity index (χ0) is 13.1. The number of fused-ring (bicyclic) bond motifs is 1. The van der Waals surface area contributed by atoms with E-state index in [2.05, 4.69) is 42.5 Å². The molecule has 0 saturated carbocycles. The molecule has 1 aromatic heterocycles. The topological polar surface area (TPSA) is 37.0 Å². The average Bonchev–Trinajstić information content (AvgIpc) is 2.69. The highest BCUT2D eigenvalue weighted by molar-refractivity contribution is 7.80. The highest BCUT2D eigenvalue weighted by Gasteiger charge is 2.04. The van der Waals surface area contributed by atoms with E-state index in [0.717, 1.165) is 17.6 Å². The van der Waals surface area contributed by atoms with Gasteiger partial charge in [0.15, 0.2) is 5.11 Å². The molecule has 1 heterocycles. The van der Waals surface area contributed by atoms with Gasteiger partial charge in [-0.1, -0.05) is 6.92 Å². The molecule has 3 nitrogen and oxygen atoms in total. The lowest BCUT2D eigenvalue weighted by Crippen LogP contribution is -2.33. The Balaban J connectivity index is 2.16. The summed E-state index contributed by atoms with van der Waals surface area (Å²) >= 11 is 6.97. The van der Waals surface area contributed by atoms with E-state index >= 15 is 0 Å². The van der Waals surface area contributed by atoms with Gasteiger partial charge in [0.05, 0.1) is 15.2 Å². The Morgan fingerprint density at radius 2 is 2.22 bits per heavy atom. The number of hydrogen-bond donors (Lipinski definition) is 2. The van der Waals surface area contributed by atoms with E-state index in [-0.39, 0.29) is 0 Å². The summed E-state index contributed by atoms with van der Waals surface area (Å²) in [6.07, 6.45) is 0.982. The van der Waals surface area contributed by atoms with Gasteiger partial charge in [-0.25, -0.2) is 4.98 Å². The third-order valence-corrected chi connectivity index (χ3v) is 3.80. The fourth-order valence-electron chi connectivity index (χ4n) is 1.63. The second-order valence-electron chi connectivity index (χ2n) is 4.40. The minimum absolute atomic E-state index is 0.337. The fourth-order valence-corrected chi connectivity index (χ4v) is 2.93. The number of rotatable bonds is 3. The summed E-state index contributed by atoms with van der Waals surface area (Å²) < 4.78 is 1.20. The van der Waals surface area contributed by atoms with Crippen molar-refractivity contribution in [2.24, 2.45) is 0 Å². The average molecular weight is 279 g/mol. The molecule has 0 amide bonds. The number of aryl methyl sites for hydroxylation is 1. The van der Waals surface area contributed by atoms with Gasteiger partial charge in [0.2, 0.25) is 0 Å². The van der Waals surface area contributed by atoms with Crippen LogP contribution in [0.3, 0.4) is 0 Å². The monoisotopic (exact) mass is 279 g/mol. The molecule has 0 fully saturated rings. The summed E-state index contributed by atoms with van der Waals surface area (Å²) in [6, 6.07) is 6.48. The number of thiazole rings is 1. The van der Waals surface area contributed by atoms with Crippen LogP contribution in [0.2, 0.25) is 0 Å². The molecule has 0 unspecified atom stereocenters. The van der Waals surface area contributed by atoms with Crippen LogP contribution in [-0.4, -0.2) is 16.1 Å². The number of nitrogens with one attached hydrogen (secondary N) is 2. The van der Waals surface area contributed by atoms with E-state index in [4.69, 9.17) is 12.2 Å². The summed E-state index contributed by atoms with van der Waals surface area (Å²) in [4.78, 5) is 4.54. The standard InChI is InChI=1S/C13H17N3S2/c1-4-12-16-10-6-5-9(7-11(10)18-12)15-13(17)14-8(2)3/h5-8H,4H2,1-3H3,(H2,14,15,17). The summed E-state index contributed by atoms with van der Waals surface area (Å²) in [5.41, 5.74) is 2.07. The predicted octanol–water partition coefficient (Wildman–Crippen LogP) is 3.55. The van der Waals surface area contributed by atoms with Crippen molar-refractivity contribution in [1.82, 2.24) is 10.3 Å². The molecule has 2 rings (SSSR count). The zero-order valence-corrected chi connectivity index (χ0v) is 12.4. The van der Waals surface area contributed by atoms with Gasteiger partial charge >= 0.3 is 0 Å². The molecular weight excluding hydrogens is 262 g/mol. The maximum Gasteiger partial charge on any atom is 0.170 e. The van der Waals surface area contributed by atoms with Crippen molar-refractivity contribution in [2.45, 2.75) is 33.2 Å². The minimum Gasteiger partial charge on any atom is -0.360 e. The van der Waals surface area contributed by atoms with Crippen molar-refractivity contribution in [2.75, 3.05) is 5.32 Å². The molecule has 5 heteroatoms. The number of thiocarbonyl (C=S) groups is 1. The van der Waals surface area contributed by atoms with Crippen LogP contribution in [0.4, 0.5) is 5.69 Å². The van der Waals surface area contributed by atoms with E-state index in [1.54, 1.807) is 11.3 Å². The third kappa shape index (κ3) is 3.17. The molecule has 1 aromatic carbocycles. The molecule has 0 saturated heterocycles. The summed E-state index contributed by atoms with van der Waals surface area (Å²) in [5, 5.41) is 8.18. The molecular formula is C13H17N3S2. The maximum absolute atomic E-state index is 5.23. The van der Waals surface area contributed by atoms with Crippen molar-refractivity contribution < 1.29 is 0 Å². The largest absolute Gasteiger partial charge is 0.360 e. The Morgan fingerprint density at radius 3 is 2.89 bits per heavy atom. The number of nitrogens with zero attached hydrogens (tertiary/aromatic N) is 1. The molecule has 0 radical (unpaired) electrons. The quantitative estimate of drug-likeness (QED) is 0.843. The van der Waals surface area contributed by atoms with E-state index in [9.17, 15) is 0 Å². The first kappa shape index (κ1) is 13.2. The molecule has 0 spiro atoms. The summed E-state index contributed by atoms with van der Waals surface area (Å²) in [6.45, 7) is 6.25. The van der Waals surface area contributed by atoms with Crippen LogP contribution in [0.1, 0.15) is 25.8 Å². The lowest BCUT2D eigenvalue weighted by atomic mass is 10.3. The van der Waals surface area contributed by atoms with E-state index in [1.165, 1.54) is 9.71 Å². The van der Waals surface area contributed by atoms with Crippen LogP contribution in [-0.2, 0) is 6.42 Å². The van der Waals surface area contributed by atoms with E-state index in [1.807, 2.05) is 12.1 Å². The van der Waals surface area contributed by atoms with Crippen molar-refractivity contribution in [3.05, 3.63) is 23.2 Å². The van der Waals surface area contributed by atoms with Crippen LogP contribution in [0.5, 0.6) is 0 Å². The van der Waals surface area contributed by atoms with E-state index < -0.39 is 0 Å². The smallest absolute Gasteiger partial charge is 0.170 e. The number of anilines is 1. The molecule has 2 N–H and O–H groups in total. The molecule has 96 valence electrons. The van der Waals surface area contributed by atoms with Gasteiger partial charge in [-0.15, -0.1) is 11.3 Å². The Hall–Kier alpha value is -1.20. The SMILES string of the molecule is CCc1nc2ccc(NC(=S)NC(C)C)cc2s1.